The van der Waals surface area contributed by atoms with Crippen molar-refractivity contribution in [1.82, 2.24) is 4.98 Å². The maximum Gasteiger partial charge on any atom is 0.304 e. The Kier molecular flexibility index (Phi) is 5.50. The Balaban J connectivity index is 1.36. The number of carbonyl (C=O) groups is 2. The Bertz CT molecular complexity index is 952. The zero-order chi connectivity index (χ0) is 21.3. The van der Waals surface area contributed by atoms with E-state index in [-0.39, 0.29) is 18.1 Å². The van der Waals surface area contributed by atoms with E-state index < -0.39 is 17.3 Å². The standard InChI is InChI=1S/C24H28N2O4/c1-24(2)21(19(22(24)29)14-20(27)28)15-6-9-18(10-7-15)30-13-11-17-8-5-16-4-3-12-25-23(16)26-17/h5-10,19,21H,3-4,11-14H2,1-2H3,(H,25,26)(H,27,28). The molecule has 0 bridgehead atoms. The maximum absolute atomic E-state index is 12.3. The number of pyridine rings is 1. The van der Waals surface area contributed by atoms with E-state index in [2.05, 4.69) is 22.4 Å². The van der Waals surface area contributed by atoms with Gasteiger partial charge in [-0.15, -0.1) is 0 Å². The highest BCUT2D eigenvalue weighted by molar-refractivity contribution is 5.97. The molecule has 2 atom stereocenters. The fourth-order valence-corrected chi connectivity index (χ4v) is 4.79. The lowest BCUT2D eigenvalue weighted by molar-refractivity contribution is -0.154. The third kappa shape index (κ3) is 3.91. The highest BCUT2D eigenvalue weighted by Crippen LogP contribution is 2.55. The van der Waals surface area contributed by atoms with Crippen LogP contribution in [0.2, 0.25) is 0 Å². The molecule has 6 nitrogen and oxygen atoms in total. The Hall–Kier alpha value is -2.89. The molecule has 1 saturated carbocycles. The molecular formula is C24H28N2O4. The molecule has 2 aromatic rings. The molecule has 2 unspecified atom stereocenters. The van der Waals surface area contributed by atoms with Gasteiger partial charge in [0.2, 0.25) is 0 Å². The average molecular weight is 408 g/mol. The van der Waals surface area contributed by atoms with Crippen LogP contribution in [0.25, 0.3) is 0 Å². The molecule has 1 aromatic heterocycles. The number of nitrogens with one attached hydrogen (secondary N) is 1. The zero-order valence-corrected chi connectivity index (χ0v) is 17.5. The Morgan fingerprint density at radius 2 is 2.00 bits per heavy atom. The van der Waals surface area contributed by atoms with Crippen LogP contribution in [0.5, 0.6) is 5.75 Å². The Morgan fingerprint density at radius 1 is 1.23 bits per heavy atom. The average Bonchev–Trinajstić information content (AvgIpc) is 2.73. The molecule has 2 heterocycles. The monoisotopic (exact) mass is 408 g/mol. The van der Waals surface area contributed by atoms with E-state index in [9.17, 15) is 9.59 Å². The van der Waals surface area contributed by atoms with Crippen molar-refractivity contribution in [2.75, 3.05) is 18.5 Å². The van der Waals surface area contributed by atoms with Crippen LogP contribution in [0.15, 0.2) is 36.4 Å². The third-order valence-electron chi connectivity index (χ3n) is 6.36. The summed E-state index contributed by atoms with van der Waals surface area (Å²) in [4.78, 5) is 28.1. The predicted molar refractivity (Wildman–Crippen MR) is 114 cm³/mol. The number of aliphatic carboxylic acids is 1. The van der Waals surface area contributed by atoms with Crippen LogP contribution in [-0.2, 0) is 22.4 Å². The summed E-state index contributed by atoms with van der Waals surface area (Å²) in [6.07, 6.45) is 2.83. The number of carbonyl (C=O) groups excluding carboxylic acids is 1. The highest BCUT2D eigenvalue weighted by Gasteiger charge is 2.56. The molecule has 158 valence electrons. The van der Waals surface area contributed by atoms with Gasteiger partial charge in [0.05, 0.1) is 13.0 Å². The molecule has 0 spiro atoms. The molecule has 2 N–H and O–H groups in total. The SMILES string of the molecule is CC1(C)C(=O)C(CC(=O)O)C1c1ccc(OCCc2ccc3c(n2)NCCC3)cc1. The fourth-order valence-electron chi connectivity index (χ4n) is 4.79. The number of benzene rings is 1. The molecule has 1 fully saturated rings. The minimum Gasteiger partial charge on any atom is -0.493 e. The second-order valence-electron chi connectivity index (χ2n) is 8.78. The number of hydrogen-bond donors (Lipinski definition) is 2. The first kappa shape index (κ1) is 20.4. The number of nitrogens with zero attached hydrogens (tertiary/aromatic N) is 1. The summed E-state index contributed by atoms with van der Waals surface area (Å²) in [6, 6.07) is 11.9. The molecular weight excluding hydrogens is 380 g/mol. The van der Waals surface area contributed by atoms with Crippen LogP contribution in [-0.4, -0.2) is 35.0 Å². The van der Waals surface area contributed by atoms with Gasteiger partial charge < -0.3 is 15.2 Å². The van der Waals surface area contributed by atoms with Crippen molar-refractivity contribution in [3.05, 3.63) is 53.2 Å². The number of rotatable bonds is 7. The summed E-state index contributed by atoms with van der Waals surface area (Å²) >= 11 is 0. The van der Waals surface area contributed by atoms with E-state index in [1.54, 1.807) is 0 Å². The molecule has 30 heavy (non-hydrogen) atoms. The van der Waals surface area contributed by atoms with Crippen LogP contribution in [0, 0.1) is 11.3 Å². The number of ether oxygens (including phenoxy) is 1. The lowest BCUT2D eigenvalue weighted by Gasteiger charge is -2.49. The van der Waals surface area contributed by atoms with Gasteiger partial charge in [-0.05, 0) is 42.2 Å². The zero-order valence-electron chi connectivity index (χ0n) is 17.5. The van der Waals surface area contributed by atoms with Gasteiger partial charge in [0.1, 0.15) is 17.4 Å². The van der Waals surface area contributed by atoms with Gasteiger partial charge >= 0.3 is 5.97 Å². The van der Waals surface area contributed by atoms with Gasteiger partial charge in [0, 0.05) is 35.9 Å². The van der Waals surface area contributed by atoms with E-state index in [4.69, 9.17) is 9.84 Å². The first-order valence-corrected chi connectivity index (χ1v) is 10.6. The Labute approximate surface area is 176 Å². The van der Waals surface area contributed by atoms with Crippen molar-refractivity contribution in [3.8, 4) is 5.75 Å². The molecule has 0 saturated heterocycles. The number of Topliss-reactive ketones (excluding diaryl/α,β-unsaturated/α-hetero) is 1. The number of carboxylic acid groups (broad SMARTS) is 1. The van der Waals surface area contributed by atoms with E-state index in [1.165, 1.54) is 5.56 Å². The largest absolute Gasteiger partial charge is 0.493 e. The van der Waals surface area contributed by atoms with E-state index in [1.807, 2.05) is 38.1 Å². The molecule has 0 radical (unpaired) electrons. The van der Waals surface area contributed by atoms with Crippen molar-refractivity contribution >= 4 is 17.6 Å². The third-order valence-corrected chi connectivity index (χ3v) is 6.36. The molecule has 6 heteroatoms. The topological polar surface area (TPSA) is 88.5 Å². The van der Waals surface area contributed by atoms with Crippen molar-refractivity contribution in [1.29, 1.82) is 0 Å². The Morgan fingerprint density at radius 3 is 2.73 bits per heavy atom. The summed E-state index contributed by atoms with van der Waals surface area (Å²) in [5, 5.41) is 12.5. The van der Waals surface area contributed by atoms with Crippen LogP contribution >= 0.6 is 0 Å². The number of aryl methyl sites for hydroxylation is 1. The van der Waals surface area contributed by atoms with Crippen LogP contribution in [0.4, 0.5) is 5.82 Å². The van der Waals surface area contributed by atoms with Crippen molar-refractivity contribution in [2.45, 2.75) is 45.4 Å². The number of fused-ring (bicyclic) bond motifs is 1. The number of ketones is 1. The van der Waals surface area contributed by atoms with Crippen LogP contribution in [0.1, 0.15) is 49.4 Å². The molecule has 1 aromatic carbocycles. The first-order valence-electron chi connectivity index (χ1n) is 10.6. The maximum atomic E-state index is 12.3. The van der Waals surface area contributed by atoms with Gasteiger partial charge in [0.15, 0.2) is 0 Å². The van der Waals surface area contributed by atoms with E-state index in [0.29, 0.717) is 6.61 Å². The van der Waals surface area contributed by atoms with Crippen LogP contribution in [0.3, 0.4) is 0 Å². The summed E-state index contributed by atoms with van der Waals surface area (Å²) in [5.41, 5.74) is 2.74. The highest BCUT2D eigenvalue weighted by atomic mass is 16.5. The number of aromatic nitrogens is 1. The van der Waals surface area contributed by atoms with E-state index >= 15 is 0 Å². The second-order valence-corrected chi connectivity index (χ2v) is 8.78. The minimum absolute atomic E-state index is 0.0299. The minimum atomic E-state index is -0.931. The van der Waals surface area contributed by atoms with Crippen molar-refractivity contribution < 1.29 is 19.4 Å². The van der Waals surface area contributed by atoms with Gasteiger partial charge in [-0.25, -0.2) is 4.98 Å². The number of hydrogen-bond acceptors (Lipinski definition) is 5. The second kappa shape index (κ2) is 8.09. The molecule has 1 aliphatic carbocycles. The smallest absolute Gasteiger partial charge is 0.304 e. The molecule has 1 aliphatic heterocycles. The normalized spacial score (nSPS) is 21.9. The lowest BCUT2D eigenvalue weighted by atomic mass is 9.51. The summed E-state index contributed by atoms with van der Waals surface area (Å²) in [7, 11) is 0. The number of anilines is 1. The molecule has 0 amide bonds. The van der Waals surface area contributed by atoms with Crippen molar-refractivity contribution in [3.63, 3.8) is 0 Å². The summed E-state index contributed by atoms with van der Waals surface area (Å²) < 4.78 is 5.88. The van der Waals surface area contributed by atoms with Gasteiger partial charge in [-0.1, -0.05) is 32.0 Å². The quantitative estimate of drug-likeness (QED) is 0.724. The first-order chi connectivity index (χ1) is 14.4. The van der Waals surface area contributed by atoms with E-state index in [0.717, 1.165) is 48.6 Å². The summed E-state index contributed by atoms with van der Waals surface area (Å²) in [6.45, 7) is 5.29. The summed E-state index contributed by atoms with van der Waals surface area (Å²) in [5.74, 6) is 0.321. The molecule has 2 aliphatic rings. The van der Waals surface area contributed by atoms with Crippen LogP contribution < -0.4 is 10.1 Å². The lowest BCUT2D eigenvalue weighted by Crippen LogP contribution is -2.53. The van der Waals surface area contributed by atoms with Gasteiger partial charge in [-0.2, -0.15) is 0 Å². The fraction of sp³-hybridized carbons (Fsp3) is 0.458. The molecule has 4 rings (SSSR count). The number of carboxylic acids is 1. The van der Waals surface area contributed by atoms with Gasteiger partial charge in [0.25, 0.3) is 0 Å². The van der Waals surface area contributed by atoms with Gasteiger partial charge in [-0.3, -0.25) is 9.59 Å². The predicted octanol–water partition coefficient (Wildman–Crippen LogP) is 3.84. The van der Waals surface area contributed by atoms with Crippen molar-refractivity contribution in [2.24, 2.45) is 11.3 Å².